The molecule has 4 rings (SSSR count). The van der Waals surface area contributed by atoms with E-state index in [1.165, 1.54) is 0 Å². The number of ether oxygens (including phenoxy) is 1. The molecule has 3 saturated heterocycles. The zero-order valence-electron chi connectivity index (χ0n) is 17.0. The van der Waals surface area contributed by atoms with Gasteiger partial charge in [-0.15, -0.1) is 0 Å². The molecule has 2 amide bonds. The molecule has 0 aromatic heterocycles. The molecule has 154 valence electrons. The molecule has 29 heavy (non-hydrogen) atoms. The molecule has 3 aliphatic rings. The van der Waals surface area contributed by atoms with Gasteiger partial charge in [-0.25, -0.2) is 0 Å². The summed E-state index contributed by atoms with van der Waals surface area (Å²) in [7, 11) is 1.61. The molecule has 7 heteroatoms. The van der Waals surface area contributed by atoms with E-state index in [2.05, 4.69) is 11.0 Å². The Hall–Kier alpha value is -2.59. The fraction of sp³-hybridized carbons (Fsp3) is 0.591. The van der Waals surface area contributed by atoms with Crippen molar-refractivity contribution in [1.29, 1.82) is 5.26 Å². The number of hydrogen-bond acceptors (Lipinski definition) is 5. The summed E-state index contributed by atoms with van der Waals surface area (Å²) >= 11 is 0. The number of hydrogen-bond donors (Lipinski definition) is 0. The van der Waals surface area contributed by atoms with E-state index in [-0.39, 0.29) is 24.2 Å². The van der Waals surface area contributed by atoms with E-state index in [4.69, 9.17) is 4.74 Å². The van der Waals surface area contributed by atoms with Crippen molar-refractivity contribution in [3.63, 3.8) is 0 Å². The molecule has 3 heterocycles. The van der Waals surface area contributed by atoms with Crippen LogP contribution in [0, 0.1) is 17.2 Å². The Labute approximate surface area is 171 Å². The second kappa shape index (κ2) is 8.03. The molecule has 7 nitrogen and oxygen atoms in total. The third kappa shape index (κ3) is 3.69. The minimum absolute atomic E-state index is 0.0195. The van der Waals surface area contributed by atoms with Crippen LogP contribution in [0.2, 0.25) is 0 Å². The van der Waals surface area contributed by atoms with Crippen LogP contribution in [-0.4, -0.2) is 67.0 Å². The summed E-state index contributed by atoms with van der Waals surface area (Å²) in [5, 5.41) is 9.82. The molecular formula is C22H28N4O3. The maximum absolute atomic E-state index is 13.1. The van der Waals surface area contributed by atoms with Gasteiger partial charge < -0.3 is 14.5 Å². The van der Waals surface area contributed by atoms with Gasteiger partial charge in [0.1, 0.15) is 11.3 Å². The molecule has 0 saturated carbocycles. The SMILES string of the molecule is COc1ccc(N2C[C@H](C(=O)N3CCC(C#N)(N4CCCC4)CC3)CC2=O)cc1. The summed E-state index contributed by atoms with van der Waals surface area (Å²) in [6.45, 7) is 3.56. The molecule has 1 aromatic carbocycles. The number of benzene rings is 1. The van der Waals surface area contributed by atoms with E-state index >= 15 is 0 Å². The van der Waals surface area contributed by atoms with E-state index in [1.807, 2.05) is 29.2 Å². The first-order chi connectivity index (χ1) is 14.1. The number of methoxy groups -OCH3 is 1. The zero-order chi connectivity index (χ0) is 20.4. The van der Waals surface area contributed by atoms with Crippen LogP contribution in [0.25, 0.3) is 0 Å². The molecule has 3 aliphatic heterocycles. The van der Waals surface area contributed by atoms with Crippen molar-refractivity contribution < 1.29 is 14.3 Å². The van der Waals surface area contributed by atoms with Crippen molar-refractivity contribution >= 4 is 17.5 Å². The summed E-state index contributed by atoms with van der Waals surface area (Å²) in [5.41, 5.74) is 0.371. The quantitative estimate of drug-likeness (QED) is 0.778. The van der Waals surface area contributed by atoms with Gasteiger partial charge in [0, 0.05) is 31.7 Å². The number of carbonyl (C=O) groups is 2. The van der Waals surface area contributed by atoms with Crippen molar-refractivity contribution in [3.8, 4) is 11.8 Å². The van der Waals surface area contributed by atoms with Crippen molar-refractivity contribution in [2.45, 2.75) is 37.6 Å². The Morgan fingerprint density at radius 1 is 1.14 bits per heavy atom. The van der Waals surface area contributed by atoms with Crippen molar-refractivity contribution in [3.05, 3.63) is 24.3 Å². The van der Waals surface area contributed by atoms with Crippen LogP contribution >= 0.6 is 0 Å². The van der Waals surface area contributed by atoms with Crippen molar-refractivity contribution in [2.24, 2.45) is 5.92 Å². The highest BCUT2D eigenvalue weighted by molar-refractivity contribution is 6.00. The second-order valence-corrected chi connectivity index (χ2v) is 8.27. The fourth-order valence-electron chi connectivity index (χ4n) is 4.88. The van der Waals surface area contributed by atoms with Crippen LogP contribution in [-0.2, 0) is 9.59 Å². The minimum Gasteiger partial charge on any atom is -0.497 e. The average Bonchev–Trinajstić information content (AvgIpc) is 3.44. The zero-order valence-corrected chi connectivity index (χ0v) is 17.0. The monoisotopic (exact) mass is 396 g/mol. The van der Waals surface area contributed by atoms with E-state index in [0.717, 1.165) is 37.4 Å². The fourth-order valence-corrected chi connectivity index (χ4v) is 4.88. The van der Waals surface area contributed by atoms with Gasteiger partial charge >= 0.3 is 0 Å². The van der Waals surface area contributed by atoms with Crippen LogP contribution in [0.15, 0.2) is 24.3 Å². The Balaban J connectivity index is 1.38. The van der Waals surface area contributed by atoms with E-state index < -0.39 is 5.54 Å². The topological polar surface area (TPSA) is 76.9 Å². The van der Waals surface area contributed by atoms with Gasteiger partial charge in [0.15, 0.2) is 0 Å². The van der Waals surface area contributed by atoms with Gasteiger partial charge in [0.2, 0.25) is 11.8 Å². The lowest BCUT2D eigenvalue weighted by molar-refractivity contribution is -0.137. The summed E-state index contributed by atoms with van der Waals surface area (Å²) in [4.78, 5) is 31.5. The lowest BCUT2D eigenvalue weighted by Crippen LogP contribution is -2.55. The minimum atomic E-state index is -0.423. The third-order valence-corrected chi connectivity index (χ3v) is 6.68. The predicted molar refractivity (Wildman–Crippen MR) is 108 cm³/mol. The van der Waals surface area contributed by atoms with Crippen LogP contribution in [0.3, 0.4) is 0 Å². The molecule has 0 unspecified atom stereocenters. The summed E-state index contributed by atoms with van der Waals surface area (Å²) in [6, 6.07) is 9.89. The predicted octanol–water partition coefficient (Wildman–Crippen LogP) is 2.03. The van der Waals surface area contributed by atoms with Gasteiger partial charge in [0.25, 0.3) is 0 Å². The number of carbonyl (C=O) groups excluding carboxylic acids is 2. The third-order valence-electron chi connectivity index (χ3n) is 6.68. The Bertz CT molecular complexity index is 802. The van der Waals surface area contributed by atoms with Crippen LogP contribution < -0.4 is 9.64 Å². The van der Waals surface area contributed by atoms with Crippen LogP contribution in [0.5, 0.6) is 5.75 Å². The largest absolute Gasteiger partial charge is 0.497 e. The lowest BCUT2D eigenvalue weighted by Gasteiger charge is -2.43. The number of nitrogens with zero attached hydrogens (tertiary/aromatic N) is 4. The second-order valence-electron chi connectivity index (χ2n) is 8.27. The smallest absolute Gasteiger partial charge is 0.228 e. The van der Waals surface area contributed by atoms with E-state index in [1.54, 1.807) is 12.0 Å². The first kappa shape index (κ1) is 19.7. The molecule has 0 N–H and O–H groups in total. The molecule has 0 aliphatic carbocycles. The number of rotatable bonds is 4. The first-order valence-electron chi connectivity index (χ1n) is 10.5. The Morgan fingerprint density at radius 3 is 2.38 bits per heavy atom. The summed E-state index contributed by atoms with van der Waals surface area (Å²) in [6.07, 6.45) is 3.93. The highest BCUT2D eigenvalue weighted by Crippen LogP contribution is 2.33. The van der Waals surface area contributed by atoms with Gasteiger partial charge in [0.05, 0.1) is 19.1 Å². The van der Waals surface area contributed by atoms with Crippen LogP contribution in [0.1, 0.15) is 32.1 Å². The summed E-state index contributed by atoms with van der Waals surface area (Å²) in [5.74, 6) is 0.447. The Morgan fingerprint density at radius 2 is 1.79 bits per heavy atom. The molecule has 1 atom stereocenters. The van der Waals surface area contributed by atoms with Crippen molar-refractivity contribution in [2.75, 3.05) is 44.7 Å². The molecule has 0 radical (unpaired) electrons. The van der Waals surface area contributed by atoms with Crippen LogP contribution in [0.4, 0.5) is 5.69 Å². The van der Waals surface area contributed by atoms with Crippen molar-refractivity contribution in [1.82, 2.24) is 9.80 Å². The first-order valence-corrected chi connectivity index (χ1v) is 10.5. The summed E-state index contributed by atoms with van der Waals surface area (Å²) < 4.78 is 5.17. The standard InChI is InChI=1S/C22H28N4O3/c1-29-19-6-4-18(5-7-19)26-15-17(14-20(26)27)21(28)24-12-8-22(16-23,9-13-24)25-10-2-3-11-25/h4-7,17H,2-3,8-15H2,1H3/t17-/m1/s1. The molecular weight excluding hydrogens is 368 g/mol. The highest BCUT2D eigenvalue weighted by atomic mass is 16.5. The number of amides is 2. The molecule has 3 fully saturated rings. The molecule has 0 bridgehead atoms. The van der Waals surface area contributed by atoms with E-state index in [9.17, 15) is 14.9 Å². The molecule has 0 spiro atoms. The lowest BCUT2D eigenvalue weighted by atomic mass is 9.86. The van der Waals surface area contributed by atoms with Gasteiger partial charge in [-0.2, -0.15) is 5.26 Å². The number of anilines is 1. The normalized spacial score (nSPS) is 24.6. The highest BCUT2D eigenvalue weighted by Gasteiger charge is 2.44. The van der Waals surface area contributed by atoms with Gasteiger partial charge in [-0.1, -0.05) is 0 Å². The number of nitriles is 1. The number of piperidine rings is 1. The number of likely N-dealkylation sites (tertiary alicyclic amines) is 2. The van der Waals surface area contributed by atoms with E-state index in [0.29, 0.717) is 32.5 Å². The molecule has 1 aromatic rings. The maximum Gasteiger partial charge on any atom is 0.228 e. The van der Waals surface area contributed by atoms with Gasteiger partial charge in [-0.05, 0) is 63.0 Å². The van der Waals surface area contributed by atoms with Gasteiger partial charge in [-0.3, -0.25) is 14.5 Å². The average molecular weight is 396 g/mol. The Kier molecular flexibility index (Phi) is 5.46. The maximum atomic E-state index is 13.1.